The average Bonchev–Trinajstić information content (AvgIpc) is 2.25. The highest BCUT2D eigenvalue weighted by molar-refractivity contribution is 5.75. The first-order chi connectivity index (χ1) is 7.20. The van der Waals surface area contributed by atoms with E-state index < -0.39 is 0 Å². The third-order valence-electron chi connectivity index (χ3n) is 2.38. The smallest absolute Gasteiger partial charge is 0.220 e. The van der Waals surface area contributed by atoms with Gasteiger partial charge >= 0.3 is 0 Å². The Balaban J connectivity index is 3.19. The van der Waals surface area contributed by atoms with Gasteiger partial charge in [-0.15, -0.1) is 0 Å². The molecule has 0 aliphatic rings. The maximum atomic E-state index is 11.1. The number of aliphatic hydroxyl groups is 1. The van der Waals surface area contributed by atoms with Crippen molar-refractivity contribution in [2.75, 3.05) is 26.2 Å². The van der Waals surface area contributed by atoms with E-state index in [2.05, 4.69) is 24.5 Å². The fraction of sp³-hybridized carbons (Fsp3) is 0.909. The van der Waals surface area contributed by atoms with Gasteiger partial charge in [0.05, 0.1) is 0 Å². The summed E-state index contributed by atoms with van der Waals surface area (Å²) in [4.78, 5) is 11.1. The van der Waals surface area contributed by atoms with Gasteiger partial charge in [0.2, 0.25) is 5.91 Å². The Labute approximate surface area is 92.4 Å². The second-order valence-electron chi connectivity index (χ2n) is 3.89. The summed E-state index contributed by atoms with van der Waals surface area (Å²) in [5, 5.41) is 14.6. The van der Waals surface area contributed by atoms with Crippen molar-refractivity contribution in [3.63, 3.8) is 0 Å². The molecule has 0 spiro atoms. The maximum Gasteiger partial charge on any atom is 0.220 e. The minimum absolute atomic E-state index is 0.0226. The van der Waals surface area contributed by atoms with E-state index >= 15 is 0 Å². The molecule has 15 heavy (non-hydrogen) atoms. The van der Waals surface area contributed by atoms with Crippen molar-refractivity contribution in [2.45, 2.75) is 33.1 Å². The summed E-state index contributed by atoms with van der Waals surface area (Å²) < 4.78 is 0. The quantitative estimate of drug-likeness (QED) is 0.492. The highest BCUT2D eigenvalue weighted by Gasteiger charge is 2.00. The Kier molecular flexibility index (Phi) is 9.52. The molecule has 0 aromatic rings. The fourth-order valence-electron chi connectivity index (χ4n) is 1.11. The normalized spacial score (nSPS) is 12.5. The van der Waals surface area contributed by atoms with Gasteiger partial charge in [0.15, 0.2) is 0 Å². The summed E-state index contributed by atoms with van der Waals surface area (Å²) in [5.41, 5.74) is 0. The Bertz CT molecular complexity index is 163. The summed E-state index contributed by atoms with van der Waals surface area (Å²) in [6.45, 7) is 6.94. The van der Waals surface area contributed by atoms with E-state index in [1.807, 2.05) is 0 Å². The van der Waals surface area contributed by atoms with E-state index in [0.29, 0.717) is 25.3 Å². The van der Waals surface area contributed by atoms with Gasteiger partial charge in [0, 0.05) is 26.1 Å². The molecule has 1 amide bonds. The van der Waals surface area contributed by atoms with Crippen LogP contribution in [0.5, 0.6) is 0 Å². The molecule has 1 atom stereocenters. The Morgan fingerprint density at radius 1 is 1.40 bits per heavy atom. The number of carbonyl (C=O) groups excluding carboxylic acids is 1. The van der Waals surface area contributed by atoms with Crippen LogP contribution < -0.4 is 10.6 Å². The molecular formula is C11H24N2O2. The second kappa shape index (κ2) is 9.93. The van der Waals surface area contributed by atoms with Gasteiger partial charge < -0.3 is 15.7 Å². The number of nitrogens with one attached hydrogen (secondary N) is 2. The molecule has 1 unspecified atom stereocenters. The predicted molar refractivity (Wildman–Crippen MR) is 61.7 cm³/mol. The van der Waals surface area contributed by atoms with E-state index in [-0.39, 0.29) is 12.5 Å². The van der Waals surface area contributed by atoms with E-state index in [0.717, 1.165) is 13.1 Å². The SMILES string of the molecule is CCC(C)CNCCNC(=O)CCCO. The minimum atomic E-state index is 0.0226. The molecule has 0 saturated heterocycles. The monoisotopic (exact) mass is 216 g/mol. The van der Waals surface area contributed by atoms with Crippen LogP contribution in [0.15, 0.2) is 0 Å². The molecule has 0 saturated carbocycles. The molecule has 0 fully saturated rings. The first-order valence-electron chi connectivity index (χ1n) is 5.79. The molecule has 0 aromatic heterocycles. The average molecular weight is 216 g/mol. The molecule has 0 aliphatic heterocycles. The minimum Gasteiger partial charge on any atom is -0.396 e. The number of carbonyl (C=O) groups is 1. The summed E-state index contributed by atoms with van der Waals surface area (Å²) in [7, 11) is 0. The number of aliphatic hydroxyl groups excluding tert-OH is 1. The summed E-state index contributed by atoms with van der Waals surface area (Å²) in [5.74, 6) is 0.712. The lowest BCUT2D eigenvalue weighted by Crippen LogP contribution is -2.33. The number of hydrogen-bond donors (Lipinski definition) is 3. The molecule has 4 nitrogen and oxygen atoms in total. The van der Waals surface area contributed by atoms with Gasteiger partial charge in [0.25, 0.3) is 0 Å². The molecule has 0 radical (unpaired) electrons. The predicted octanol–water partition coefficient (Wildman–Crippen LogP) is 0.511. The van der Waals surface area contributed by atoms with Crippen LogP contribution in [-0.4, -0.2) is 37.3 Å². The Morgan fingerprint density at radius 2 is 2.13 bits per heavy atom. The van der Waals surface area contributed by atoms with Crippen molar-refractivity contribution >= 4 is 5.91 Å². The van der Waals surface area contributed by atoms with Crippen molar-refractivity contribution < 1.29 is 9.90 Å². The first-order valence-corrected chi connectivity index (χ1v) is 5.79. The standard InChI is InChI=1S/C11H24N2O2/c1-3-10(2)9-12-6-7-13-11(15)5-4-8-14/h10,12,14H,3-9H2,1-2H3,(H,13,15). The van der Waals surface area contributed by atoms with E-state index in [1.165, 1.54) is 6.42 Å². The number of hydrogen-bond acceptors (Lipinski definition) is 3. The van der Waals surface area contributed by atoms with Gasteiger partial charge in [-0.2, -0.15) is 0 Å². The van der Waals surface area contributed by atoms with Crippen LogP contribution in [0.25, 0.3) is 0 Å². The van der Waals surface area contributed by atoms with Crippen molar-refractivity contribution in [3.05, 3.63) is 0 Å². The van der Waals surface area contributed by atoms with E-state index in [1.54, 1.807) is 0 Å². The third-order valence-corrected chi connectivity index (χ3v) is 2.38. The Hall–Kier alpha value is -0.610. The van der Waals surface area contributed by atoms with Gasteiger partial charge in [-0.1, -0.05) is 20.3 Å². The van der Waals surface area contributed by atoms with Crippen LogP contribution in [0, 0.1) is 5.92 Å². The second-order valence-corrected chi connectivity index (χ2v) is 3.89. The molecule has 0 aliphatic carbocycles. The van der Waals surface area contributed by atoms with E-state index in [4.69, 9.17) is 5.11 Å². The fourth-order valence-corrected chi connectivity index (χ4v) is 1.11. The molecule has 0 rings (SSSR count). The van der Waals surface area contributed by atoms with Gasteiger partial charge in [0.1, 0.15) is 0 Å². The van der Waals surface area contributed by atoms with Crippen LogP contribution in [-0.2, 0) is 4.79 Å². The van der Waals surface area contributed by atoms with Gasteiger partial charge in [-0.3, -0.25) is 4.79 Å². The molecule has 0 heterocycles. The summed E-state index contributed by atoms with van der Waals surface area (Å²) in [6.07, 6.45) is 2.14. The highest BCUT2D eigenvalue weighted by Crippen LogP contribution is 1.96. The zero-order valence-electron chi connectivity index (χ0n) is 9.88. The lowest BCUT2D eigenvalue weighted by Gasteiger charge is -2.10. The van der Waals surface area contributed by atoms with Crippen LogP contribution in [0.4, 0.5) is 0 Å². The zero-order chi connectivity index (χ0) is 11.5. The van der Waals surface area contributed by atoms with E-state index in [9.17, 15) is 4.79 Å². The number of amides is 1. The first kappa shape index (κ1) is 14.4. The summed E-state index contributed by atoms with van der Waals surface area (Å²) >= 11 is 0. The molecule has 0 aromatic carbocycles. The largest absolute Gasteiger partial charge is 0.396 e. The number of rotatable bonds is 9. The lowest BCUT2D eigenvalue weighted by atomic mass is 10.1. The zero-order valence-corrected chi connectivity index (χ0v) is 9.88. The molecule has 3 N–H and O–H groups in total. The van der Waals surface area contributed by atoms with Crippen molar-refractivity contribution in [1.82, 2.24) is 10.6 Å². The topological polar surface area (TPSA) is 61.4 Å². The molecule has 90 valence electrons. The van der Waals surface area contributed by atoms with Crippen molar-refractivity contribution in [3.8, 4) is 0 Å². The molecular weight excluding hydrogens is 192 g/mol. The van der Waals surface area contributed by atoms with Crippen LogP contribution >= 0.6 is 0 Å². The van der Waals surface area contributed by atoms with Crippen LogP contribution in [0.3, 0.4) is 0 Å². The maximum absolute atomic E-state index is 11.1. The third kappa shape index (κ3) is 9.69. The molecule has 4 heteroatoms. The van der Waals surface area contributed by atoms with Crippen molar-refractivity contribution in [2.24, 2.45) is 5.92 Å². The van der Waals surface area contributed by atoms with Crippen LogP contribution in [0.2, 0.25) is 0 Å². The van der Waals surface area contributed by atoms with Gasteiger partial charge in [-0.05, 0) is 18.9 Å². The van der Waals surface area contributed by atoms with Crippen molar-refractivity contribution in [1.29, 1.82) is 0 Å². The lowest BCUT2D eigenvalue weighted by molar-refractivity contribution is -0.121. The highest BCUT2D eigenvalue weighted by atomic mass is 16.3. The van der Waals surface area contributed by atoms with Gasteiger partial charge in [-0.25, -0.2) is 0 Å². The Morgan fingerprint density at radius 3 is 2.73 bits per heavy atom. The van der Waals surface area contributed by atoms with Crippen LogP contribution in [0.1, 0.15) is 33.1 Å². The molecule has 0 bridgehead atoms. The summed E-state index contributed by atoms with van der Waals surface area (Å²) in [6, 6.07) is 0.